The fourth-order valence-electron chi connectivity index (χ4n) is 3.08. The zero-order valence-corrected chi connectivity index (χ0v) is 13.6. The number of aliphatic imine (C=N–C) groups is 1. The lowest BCUT2D eigenvalue weighted by Crippen LogP contribution is -2.33. The van der Waals surface area contributed by atoms with E-state index < -0.39 is 0 Å². The molecule has 0 amide bonds. The molecule has 0 bridgehead atoms. The van der Waals surface area contributed by atoms with E-state index in [9.17, 15) is 4.39 Å². The summed E-state index contributed by atoms with van der Waals surface area (Å²) in [6, 6.07) is 6.88. The molecule has 2 aromatic rings. The molecule has 3 rings (SSSR count). The smallest absolute Gasteiger partial charge is 0.151 e. The molecule has 1 aromatic carbocycles. The van der Waals surface area contributed by atoms with Gasteiger partial charge in [-0.15, -0.1) is 0 Å². The average Bonchev–Trinajstić information content (AvgIpc) is 2.93. The molecular weight excluding hydrogens is 297 g/mol. The Morgan fingerprint density at radius 2 is 2.00 bits per heavy atom. The van der Waals surface area contributed by atoms with Crippen LogP contribution in [0.4, 0.5) is 10.2 Å². The molecule has 5 heteroatoms. The van der Waals surface area contributed by atoms with Crippen LogP contribution in [-0.4, -0.2) is 20.8 Å². The van der Waals surface area contributed by atoms with Crippen molar-refractivity contribution in [2.75, 3.05) is 0 Å². The first-order valence-corrected chi connectivity index (χ1v) is 7.78. The fraction of sp³-hybridized carbons (Fsp3) is 0.353. The van der Waals surface area contributed by atoms with E-state index in [2.05, 4.69) is 29.0 Å². The second-order valence-corrected chi connectivity index (χ2v) is 6.43. The number of nitrogens with one attached hydrogen (secondary N) is 1. The molecule has 0 saturated heterocycles. The van der Waals surface area contributed by atoms with Gasteiger partial charge in [0.25, 0.3) is 0 Å². The van der Waals surface area contributed by atoms with Gasteiger partial charge in [-0.05, 0) is 24.5 Å². The summed E-state index contributed by atoms with van der Waals surface area (Å²) in [5.74, 6) is 0.451. The predicted octanol–water partition coefficient (Wildman–Crippen LogP) is 4.43. The largest absolute Gasteiger partial charge is 0.261 e. The van der Waals surface area contributed by atoms with Gasteiger partial charge in [-0.25, -0.2) is 9.38 Å². The summed E-state index contributed by atoms with van der Waals surface area (Å²) in [6.07, 6.45) is 1.73. The first-order chi connectivity index (χ1) is 10.5. The van der Waals surface area contributed by atoms with Crippen molar-refractivity contribution in [1.82, 2.24) is 10.2 Å². The van der Waals surface area contributed by atoms with E-state index in [4.69, 9.17) is 12.2 Å². The van der Waals surface area contributed by atoms with E-state index in [0.717, 1.165) is 16.1 Å². The van der Waals surface area contributed by atoms with Crippen molar-refractivity contribution in [2.45, 2.75) is 26.7 Å². The summed E-state index contributed by atoms with van der Waals surface area (Å²) in [7, 11) is 0. The molecule has 0 fully saturated rings. The van der Waals surface area contributed by atoms with Crippen LogP contribution in [0.1, 0.15) is 37.8 Å². The van der Waals surface area contributed by atoms with E-state index in [1.54, 1.807) is 12.3 Å². The van der Waals surface area contributed by atoms with Crippen LogP contribution in [0.2, 0.25) is 0 Å². The molecule has 0 aliphatic carbocycles. The number of halogens is 1. The van der Waals surface area contributed by atoms with Gasteiger partial charge in [-0.3, -0.25) is 5.10 Å². The Balaban J connectivity index is 2.20. The quantitative estimate of drug-likeness (QED) is 0.851. The first kappa shape index (κ1) is 15.0. The molecular formula is C17H18FN3S. The first-order valence-electron chi connectivity index (χ1n) is 7.37. The van der Waals surface area contributed by atoms with E-state index in [-0.39, 0.29) is 23.6 Å². The van der Waals surface area contributed by atoms with Crippen molar-refractivity contribution < 1.29 is 4.39 Å². The van der Waals surface area contributed by atoms with Crippen LogP contribution >= 0.6 is 12.2 Å². The number of rotatable bonds is 3. The summed E-state index contributed by atoms with van der Waals surface area (Å²) in [6.45, 7) is 6.09. The number of thiocarbonyl (C=S) groups is 1. The lowest BCUT2D eigenvalue weighted by molar-refractivity contribution is 0.583. The SMILES string of the molecule is CC1=Nc2[nH]ncc2C(c2ccccc2F)C1C(=S)C(C)C. The predicted molar refractivity (Wildman–Crippen MR) is 90.5 cm³/mol. The van der Waals surface area contributed by atoms with Crippen molar-refractivity contribution in [3.8, 4) is 0 Å². The van der Waals surface area contributed by atoms with Crippen molar-refractivity contribution in [2.24, 2.45) is 16.8 Å². The number of H-pyrrole nitrogens is 1. The average molecular weight is 315 g/mol. The van der Waals surface area contributed by atoms with Gasteiger partial charge in [0.05, 0.1) is 6.20 Å². The van der Waals surface area contributed by atoms with Crippen molar-refractivity contribution in [1.29, 1.82) is 0 Å². The molecule has 0 spiro atoms. The molecule has 1 aliphatic rings. The molecule has 1 N–H and O–H groups in total. The Kier molecular flexibility index (Phi) is 3.91. The van der Waals surface area contributed by atoms with Gasteiger partial charge >= 0.3 is 0 Å². The van der Waals surface area contributed by atoms with Crippen LogP contribution in [0.5, 0.6) is 0 Å². The van der Waals surface area contributed by atoms with Crippen LogP contribution in [0.3, 0.4) is 0 Å². The van der Waals surface area contributed by atoms with Crippen molar-refractivity contribution in [3.05, 3.63) is 47.4 Å². The highest BCUT2D eigenvalue weighted by molar-refractivity contribution is 7.80. The van der Waals surface area contributed by atoms with Crippen LogP contribution in [-0.2, 0) is 0 Å². The third-order valence-electron chi connectivity index (χ3n) is 4.17. The monoisotopic (exact) mass is 315 g/mol. The van der Waals surface area contributed by atoms with Gasteiger partial charge in [0.15, 0.2) is 5.82 Å². The molecule has 1 aromatic heterocycles. The number of nitrogens with zero attached hydrogens (tertiary/aromatic N) is 2. The summed E-state index contributed by atoms with van der Waals surface area (Å²) in [4.78, 5) is 5.49. The highest BCUT2D eigenvalue weighted by atomic mass is 32.1. The van der Waals surface area contributed by atoms with Gasteiger partial charge in [0, 0.05) is 28.0 Å². The summed E-state index contributed by atoms with van der Waals surface area (Å²) >= 11 is 5.66. The number of benzene rings is 1. The Morgan fingerprint density at radius 1 is 1.27 bits per heavy atom. The second kappa shape index (κ2) is 5.72. The van der Waals surface area contributed by atoms with Gasteiger partial charge in [-0.1, -0.05) is 44.3 Å². The molecule has 2 heterocycles. The zero-order valence-electron chi connectivity index (χ0n) is 12.8. The maximum atomic E-state index is 14.4. The molecule has 3 nitrogen and oxygen atoms in total. The molecule has 2 atom stereocenters. The standard InChI is InChI=1S/C17H18FN3S/c1-9(2)16(22)14-10(3)20-17-12(8-19-21-17)15(14)11-6-4-5-7-13(11)18/h4-9,14-15H,1-3H3,(H,19,21). The highest BCUT2D eigenvalue weighted by Gasteiger charge is 2.38. The summed E-state index contributed by atoms with van der Waals surface area (Å²) in [5.41, 5.74) is 2.46. The number of aromatic amines is 1. The van der Waals surface area contributed by atoms with E-state index >= 15 is 0 Å². The second-order valence-electron chi connectivity index (χ2n) is 5.96. The molecule has 0 radical (unpaired) electrons. The molecule has 2 unspecified atom stereocenters. The highest BCUT2D eigenvalue weighted by Crippen LogP contribution is 2.43. The van der Waals surface area contributed by atoms with E-state index in [0.29, 0.717) is 11.4 Å². The minimum Gasteiger partial charge on any atom is -0.261 e. The molecule has 1 aliphatic heterocycles. The molecule has 0 saturated carbocycles. The number of hydrogen-bond donors (Lipinski definition) is 1. The van der Waals surface area contributed by atoms with Gasteiger partial charge in [-0.2, -0.15) is 5.10 Å². The lowest BCUT2D eigenvalue weighted by atomic mass is 9.74. The zero-order chi connectivity index (χ0) is 15.9. The molecule has 22 heavy (non-hydrogen) atoms. The van der Waals surface area contributed by atoms with Crippen LogP contribution in [0.15, 0.2) is 35.5 Å². The number of fused-ring (bicyclic) bond motifs is 1. The van der Waals surface area contributed by atoms with E-state index in [1.807, 2.05) is 19.1 Å². The Labute approximate surface area is 134 Å². The topological polar surface area (TPSA) is 41.0 Å². The normalized spacial score (nSPS) is 20.7. The van der Waals surface area contributed by atoms with Gasteiger partial charge < -0.3 is 0 Å². The minimum absolute atomic E-state index is 0.0861. The van der Waals surface area contributed by atoms with Gasteiger partial charge in [0.2, 0.25) is 0 Å². The fourth-order valence-corrected chi connectivity index (χ4v) is 3.38. The van der Waals surface area contributed by atoms with Crippen LogP contribution < -0.4 is 0 Å². The van der Waals surface area contributed by atoms with Crippen LogP contribution in [0, 0.1) is 17.7 Å². The maximum absolute atomic E-state index is 14.4. The van der Waals surface area contributed by atoms with Crippen LogP contribution in [0.25, 0.3) is 0 Å². The Bertz CT molecular complexity index is 748. The lowest BCUT2D eigenvalue weighted by Gasteiger charge is -2.32. The Morgan fingerprint density at radius 3 is 2.68 bits per heavy atom. The maximum Gasteiger partial charge on any atom is 0.151 e. The van der Waals surface area contributed by atoms with Crippen molar-refractivity contribution >= 4 is 28.6 Å². The summed E-state index contributed by atoms with van der Waals surface area (Å²) < 4.78 is 14.4. The molecule has 114 valence electrons. The van der Waals surface area contributed by atoms with Gasteiger partial charge in [0.1, 0.15) is 5.82 Å². The minimum atomic E-state index is -0.217. The third-order valence-corrected chi connectivity index (χ3v) is 4.90. The Hall–Kier alpha value is -1.88. The third kappa shape index (κ3) is 2.39. The summed E-state index contributed by atoms with van der Waals surface area (Å²) in [5, 5.41) is 6.98. The van der Waals surface area contributed by atoms with E-state index in [1.165, 1.54) is 6.07 Å². The van der Waals surface area contributed by atoms with Crippen molar-refractivity contribution in [3.63, 3.8) is 0 Å². The number of aromatic nitrogens is 2. The number of hydrogen-bond acceptors (Lipinski definition) is 3.